The van der Waals surface area contributed by atoms with Crippen LogP contribution in [0.2, 0.25) is 0 Å². The Balaban J connectivity index is 1.81. The molecule has 4 nitrogen and oxygen atoms in total. The predicted molar refractivity (Wildman–Crippen MR) is 90.0 cm³/mol. The SMILES string of the molecule is O=C(O)CC1CSCCN1C(=O)CCCc1ccc(Br)s1. The number of nitrogens with zero attached hydrogens (tertiary/aromatic N) is 1. The highest BCUT2D eigenvalue weighted by molar-refractivity contribution is 9.11. The molecule has 1 aliphatic heterocycles. The van der Waals surface area contributed by atoms with Crippen molar-refractivity contribution in [1.29, 1.82) is 0 Å². The number of carbonyl (C=O) groups excluding carboxylic acids is 1. The van der Waals surface area contributed by atoms with Crippen LogP contribution in [-0.4, -0.2) is 46.0 Å². The van der Waals surface area contributed by atoms with Gasteiger partial charge in [0.25, 0.3) is 0 Å². The van der Waals surface area contributed by atoms with Crippen molar-refractivity contribution in [3.05, 3.63) is 20.8 Å². The maximum absolute atomic E-state index is 12.3. The summed E-state index contributed by atoms with van der Waals surface area (Å²) in [7, 11) is 0. The molecule has 1 amide bonds. The molecule has 0 aromatic carbocycles. The van der Waals surface area contributed by atoms with E-state index < -0.39 is 5.97 Å². The molecule has 1 atom stereocenters. The van der Waals surface area contributed by atoms with E-state index in [9.17, 15) is 9.59 Å². The highest BCUT2D eigenvalue weighted by Gasteiger charge is 2.28. The standard InChI is InChI=1S/C14H18BrNO3S2/c15-12-5-4-11(21-12)2-1-3-13(17)16-6-7-20-9-10(16)8-14(18)19/h4-5,10H,1-3,6-9H2,(H,18,19). The Morgan fingerprint density at radius 3 is 2.90 bits per heavy atom. The fourth-order valence-electron chi connectivity index (χ4n) is 2.40. The van der Waals surface area contributed by atoms with Crippen LogP contribution in [0.25, 0.3) is 0 Å². The van der Waals surface area contributed by atoms with Crippen molar-refractivity contribution in [2.45, 2.75) is 31.7 Å². The lowest BCUT2D eigenvalue weighted by atomic mass is 10.1. The molecule has 0 spiro atoms. The zero-order chi connectivity index (χ0) is 15.2. The lowest BCUT2D eigenvalue weighted by Crippen LogP contribution is -2.47. The van der Waals surface area contributed by atoms with Crippen molar-refractivity contribution in [2.75, 3.05) is 18.1 Å². The zero-order valence-electron chi connectivity index (χ0n) is 11.6. The largest absolute Gasteiger partial charge is 0.481 e. The molecule has 2 heterocycles. The number of carbonyl (C=O) groups is 2. The predicted octanol–water partition coefficient (Wildman–Crippen LogP) is 3.25. The van der Waals surface area contributed by atoms with Gasteiger partial charge in [-0.3, -0.25) is 9.59 Å². The molecule has 116 valence electrons. The molecule has 1 N–H and O–H groups in total. The summed E-state index contributed by atoms with van der Waals surface area (Å²) < 4.78 is 1.11. The number of rotatable bonds is 6. The Bertz CT molecular complexity index is 506. The molecule has 21 heavy (non-hydrogen) atoms. The minimum atomic E-state index is -0.830. The van der Waals surface area contributed by atoms with Crippen molar-refractivity contribution in [3.63, 3.8) is 0 Å². The Morgan fingerprint density at radius 2 is 2.24 bits per heavy atom. The Labute approximate surface area is 141 Å². The first-order valence-corrected chi connectivity index (χ1v) is 9.66. The third-order valence-corrected chi connectivity index (χ3v) is 6.18. The molecular weight excluding hydrogens is 374 g/mol. The summed E-state index contributed by atoms with van der Waals surface area (Å²) in [6.45, 7) is 0.673. The average molecular weight is 392 g/mol. The van der Waals surface area contributed by atoms with Crippen LogP contribution >= 0.6 is 39.0 Å². The molecular formula is C14H18BrNO3S2. The molecule has 1 aromatic rings. The second-order valence-corrected chi connectivity index (χ2v) is 8.67. The van der Waals surface area contributed by atoms with E-state index in [-0.39, 0.29) is 18.4 Å². The van der Waals surface area contributed by atoms with Crippen molar-refractivity contribution < 1.29 is 14.7 Å². The summed E-state index contributed by atoms with van der Waals surface area (Å²) in [5.41, 5.74) is 0. The molecule has 1 fully saturated rings. The number of aliphatic carboxylic acids is 1. The second-order valence-electron chi connectivity index (χ2n) is 4.97. The lowest BCUT2D eigenvalue weighted by Gasteiger charge is -2.34. The van der Waals surface area contributed by atoms with Gasteiger partial charge in [-0.2, -0.15) is 11.8 Å². The fourth-order valence-corrected chi connectivity index (χ4v) is 4.98. The topological polar surface area (TPSA) is 57.6 Å². The smallest absolute Gasteiger partial charge is 0.305 e. The van der Waals surface area contributed by atoms with Gasteiger partial charge in [-0.15, -0.1) is 11.3 Å². The summed E-state index contributed by atoms with van der Waals surface area (Å²) >= 11 is 6.86. The van der Waals surface area contributed by atoms with Crippen LogP contribution < -0.4 is 0 Å². The van der Waals surface area contributed by atoms with E-state index in [1.165, 1.54) is 4.88 Å². The van der Waals surface area contributed by atoms with Crippen molar-refractivity contribution in [2.24, 2.45) is 0 Å². The van der Waals surface area contributed by atoms with E-state index in [0.717, 1.165) is 28.1 Å². The summed E-state index contributed by atoms with van der Waals surface area (Å²) in [5, 5.41) is 8.94. The number of hydrogen-bond acceptors (Lipinski definition) is 4. The van der Waals surface area contributed by atoms with Gasteiger partial charge >= 0.3 is 5.97 Å². The van der Waals surface area contributed by atoms with Gasteiger partial charge in [-0.05, 0) is 40.9 Å². The Hall–Kier alpha value is -0.530. The number of thiophene rings is 1. The Morgan fingerprint density at radius 1 is 1.43 bits per heavy atom. The maximum Gasteiger partial charge on any atom is 0.305 e. The van der Waals surface area contributed by atoms with Crippen LogP contribution in [0.1, 0.15) is 24.1 Å². The van der Waals surface area contributed by atoms with Crippen LogP contribution in [-0.2, 0) is 16.0 Å². The summed E-state index contributed by atoms with van der Waals surface area (Å²) in [4.78, 5) is 26.2. The summed E-state index contributed by atoms with van der Waals surface area (Å²) in [6.07, 6.45) is 2.26. The van der Waals surface area contributed by atoms with Crippen molar-refractivity contribution in [3.8, 4) is 0 Å². The number of carboxylic acids is 1. The first-order chi connectivity index (χ1) is 10.1. The van der Waals surface area contributed by atoms with Gasteiger partial charge in [0.05, 0.1) is 16.2 Å². The van der Waals surface area contributed by atoms with Gasteiger partial charge in [-0.25, -0.2) is 0 Å². The first-order valence-electron chi connectivity index (χ1n) is 6.89. The number of carboxylic acid groups (broad SMARTS) is 1. The molecule has 0 saturated carbocycles. The average Bonchev–Trinajstić information content (AvgIpc) is 2.84. The zero-order valence-corrected chi connectivity index (χ0v) is 14.8. The highest BCUT2D eigenvalue weighted by Crippen LogP contribution is 2.24. The molecule has 1 unspecified atom stereocenters. The van der Waals surface area contributed by atoms with E-state index in [1.807, 2.05) is 6.07 Å². The van der Waals surface area contributed by atoms with E-state index >= 15 is 0 Å². The third kappa shape index (κ3) is 5.30. The van der Waals surface area contributed by atoms with E-state index in [0.29, 0.717) is 13.0 Å². The monoisotopic (exact) mass is 391 g/mol. The lowest BCUT2D eigenvalue weighted by molar-refractivity contribution is -0.140. The van der Waals surface area contributed by atoms with Gasteiger partial charge in [0, 0.05) is 29.3 Å². The first kappa shape index (κ1) is 16.8. The van der Waals surface area contributed by atoms with Gasteiger partial charge in [-0.1, -0.05) is 0 Å². The number of amides is 1. The summed E-state index contributed by atoms with van der Waals surface area (Å²) in [5.74, 6) is 0.899. The normalized spacial score (nSPS) is 18.7. The van der Waals surface area contributed by atoms with Gasteiger partial charge < -0.3 is 10.0 Å². The number of thioether (sulfide) groups is 1. The molecule has 0 bridgehead atoms. The third-order valence-electron chi connectivity index (χ3n) is 3.40. The number of aryl methyl sites for hydroxylation is 1. The van der Waals surface area contributed by atoms with Crippen molar-refractivity contribution >= 4 is 50.9 Å². The molecule has 1 saturated heterocycles. The van der Waals surface area contributed by atoms with Crippen LogP contribution in [0, 0.1) is 0 Å². The highest BCUT2D eigenvalue weighted by atomic mass is 79.9. The van der Waals surface area contributed by atoms with Crippen LogP contribution in [0.15, 0.2) is 15.9 Å². The van der Waals surface area contributed by atoms with Crippen LogP contribution in [0.3, 0.4) is 0 Å². The van der Waals surface area contributed by atoms with Gasteiger partial charge in [0.1, 0.15) is 0 Å². The minimum Gasteiger partial charge on any atom is -0.481 e. The summed E-state index contributed by atoms with van der Waals surface area (Å²) in [6, 6.07) is 3.95. The molecule has 0 radical (unpaired) electrons. The van der Waals surface area contributed by atoms with Gasteiger partial charge in [0.2, 0.25) is 5.91 Å². The van der Waals surface area contributed by atoms with E-state index in [2.05, 4.69) is 22.0 Å². The molecule has 1 aromatic heterocycles. The molecule has 7 heteroatoms. The quantitative estimate of drug-likeness (QED) is 0.808. The van der Waals surface area contributed by atoms with Gasteiger partial charge in [0.15, 0.2) is 0 Å². The Kier molecular flexibility index (Phi) is 6.57. The van der Waals surface area contributed by atoms with Crippen LogP contribution in [0.4, 0.5) is 0 Å². The molecule has 0 aliphatic carbocycles. The fraction of sp³-hybridized carbons (Fsp3) is 0.571. The number of halogens is 1. The van der Waals surface area contributed by atoms with Crippen LogP contribution in [0.5, 0.6) is 0 Å². The number of hydrogen-bond donors (Lipinski definition) is 1. The second kappa shape index (κ2) is 8.19. The minimum absolute atomic E-state index is 0.0522. The van der Waals surface area contributed by atoms with Crippen molar-refractivity contribution in [1.82, 2.24) is 4.90 Å². The molecule has 1 aliphatic rings. The van der Waals surface area contributed by atoms with E-state index in [1.54, 1.807) is 28.0 Å². The molecule has 2 rings (SSSR count). The maximum atomic E-state index is 12.3. The van der Waals surface area contributed by atoms with E-state index in [4.69, 9.17) is 5.11 Å².